The summed E-state index contributed by atoms with van der Waals surface area (Å²) < 4.78 is 14.9. The third-order valence-electron chi connectivity index (χ3n) is 2.29. The predicted molar refractivity (Wildman–Crippen MR) is 63.6 cm³/mol. The van der Waals surface area contributed by atoms with Gasteiger partial charge in [0.1, 0.15) is 5.67 Å². The number of rotatable bonds is 1. The largest absolute Gasteiger partial charge is 0.257 e. The van der Waals surface area contributed by atoms with Gasteiger partial charge < -0.3 is 0 Å². The summed E-state index contributed by atoms with van der Waals surface area (Å²) in [6.07, 6.45) is 1.64. The van der Waals surface area contributed by atoms with Crippen LogP contribution in [0, 0.1) is 0 Å². The molecule has 0 amide bonds. The van der Waals surface area contributed by atoms with Crippen LogP contribution in [0.15, 0.2) is 34.9 Å². The number of benzene rings is 1. The lowest BCUT2D eigenvalue weighted by atomic mass is 10.00. The first-order chi connectivity index (χ1) is 6.98. The smallest absolute Gasteiger partial charge is 0.147 e. The van der Waals surface area contributed by atoms with Crippen molar-refractivity contribution in [3.05, 3.63) is 40.6 Å². The second-order valence-electron chi connectivity index (χ2n) is 4.00. The van der Waals surface area contributed by atoms with Crippen LogP contribution in [-0.2, 0) is 5.67 Å². The molecule has 78 valence electrons. The molecule has 0 N–H and O–H groups in total. The van der Waals surface area contributed by atoms with Crippen molar-refractivity contribution in [1.82, 2.24) is 4.98 Å². The summed E-state index contributed by atoms with van der Waals surface area (Å²) in [5.41, 5.74) is -0.916. The van der Waals surface area contributed by atoms with Gasteiger partial charge in [-0.3, -0.25) is 4.98 Å². The Kier molecular flexibility index (Phi) is 2.51. The number of fused-ring (bicyclic) bond motifs is 1. The second-order valence-corrected chi connectivity index (χ2v) is 4.91. The Morgan fingerprint density at radius 1 is 1.27 bits per heavy atom. The highest BCUT2D eigenvalue weighted by Gasteiger charge is 2.22. The topological polar surface area (TPSA) is 12.9 Å². The fraction of sp³-hybridized carbons (Fsp3) is 0.250. The quantitative estimate of drug-likeness (QED) is 0.755. The van der Waals surface area contributed by atoms with Crippen LogP contribution in [0.2, 0.25) is 0 Å². The van der Waals surface area contributed by atoms with Gasteiger partial charge in [0, 0.05) is 16.1 Å². The third kappa shape index (κ3) is 2.02. The molecule has 0 bridgehead atoms. The molecule has 3 heteroatoms. The second kappa shape index (κ2) is 3.56. The van der Waals surface area contributed by atoms with Crippen molar-refractivity contribution in [2.24, 2.45) is 0 Å². The maximum atomic E-state index is 13.9. The molecule has 0 fully saturated rings. The monoisotopic (exact) mass is 267 g/mol. The van der Waals surface area contributed by atoms with Crippen LogP contribution >= 0.6 is 15.9 Å². The summed E-state index contributed by atoms with van der Waals surface area (Å²) in [5, 5.41) is 1.87. The Balaban J connectivity index is 2.77. The van der Waals surface area contributed by atoms with Gasteiger partial charge >= 0.3 is 0 Å². The average Bonchev–Trinajstić information content (AvgIpc) is 2.15. The minimum Gasteiger partial charge on any atom is -0.257 e. The SMILES string of the molecule is CC(C)(F)c1nccc2cc(Br)ccc12. The molecule has 0 aliphatic heterocycles. The lowest BCUT2D eigenvalue weighted by molar-refractivity contribution is 0.217. The zero-order chi connectivity index (χ0) is 11.1. The van der Waals surface area contributed by atoms with E-state index in [2.05, 4.69) is 20.9 Å². The normalized spacial score (nSPS) is 12.0. The number of alkyl halides is 1. The van der Waals surface area contributed by atoms with Gasteiger partial charge in [-0.05, 0) is 37.4 Å². The molecule has 0 aliphatic carbocycles. The highest BCUT2D eigenvalue weighted by molar-refractivity contribution is 9.10. The summed E-state index contributed by atoms with van der Waals surface area (Å²) >= 11 is 3.39. The maximum Gasteiger partial charge on any atom is 0.147 e. The molecule has 2 rings (SSSR count). The zero-order valence-electron chi connectivity index (χ0n) is 8.59. The van der Waals surface area contributed by atoms with Crippen molar-refractivity contribution in [1.29, 1.82) is 0 Å². The molecule has 2 aromatic rings. The van der Waals surface area contributed by atoms with Crippen LogP contribution in [0.5, 0.6) is 0 Å². The van der Waals surface area contributed by atoms with Crippen molar-refractivity contribution in [3.8, 4) is 0 Å². The highest BCUT2D eigenvalue weighted by Crippen LogP contribution is 2.30. The van der Waals surface area contributed by atoms with Crippen LogP contribution in [0.1, 0.15) is 19.5 Å². The molecule has 0 saturated heterocycles. The molecule has 1 heterocycles. The van der Waals surface area contributed by atoms with Gasteiger partial charge in [0.2, 0.25) is 0 Å². The summed E-state index contributed by atoms with van der Waals surface area (Å²) in [5.74, 6) is 0. The molecular weight excluding hydrogens is 257 g/mol. The van der Waals surface area contributed by atoms with Crippen molar-refractivity contribution in [2.75, 3.05) is 0 Å². The highest BCUT2D eigenvalue weighted by atomic mass is 79.9. The Morgan fingerprint density at radius 3 is 2.67 bits per heavy atom. The first-order valence-corrected chi connectivity index (χ1v) is 5.51. The maximum absolute atomic E-state index is 13.9. The average molecular weight is 268 g/mol. The summed E-state index contributed by atoms with van der Waals surface area (Å²) in [6.45, 7) is 3.05. The molecule has 0 atom stereocenters. The lowest BCUT2D eigenvalue weighted by Crippen LogP contribution is -2.11. The molecule has 0 aliphatic rings. The van der Waals surface area contributed by atoms with Gasteiger partial charge in [0.15, 0.2) is 0 Å². The van der Waals surface area contributed by atoms with E-state index in [1.807, 2.05) is 24.3 Å². The van der Waals surface area contributed by atoms with Crippen LogP contribution in [0.25, 0.3) is 10.8 Å². The molecule has 0 radical (unpaired) electrons. The van der Waals surface area contributed by atoms with Gasteiger partial charge in [0.05, 0.1) is 5.69 Å². The van der Waals surface area contributed by atoms with Gasteiger partial charge in [0.25, 0.3) is 0 Å². The Hall–Kier alpha value is -0.960. The summed E-state index contributed by atoms with van der Waals surface area (Å²) in [6, 6.07) is 7.64. The number of halogens is 2. The van der Waals surface area contributed by atoms with Gasteiger partial charge in [-0.1, -0.05) is 22.0 Å². The Morgan fingerprint density at radius 2 is 2.00 bits per heavy atom. The van der Waals surface area contributed by atoms with Gasteiger partial charge in [-0.2, -0.15) is 0 Å². The van der Waals surface area contributed by atoms with Crippen LogP contribution < -0.4 is 0 Å². The molecule has 0 saturated carbocycles. The third-order valence-corrected chi connectivity index (χ3v) is 2.78. The Labute approximate surface area is 96.5 Å². The summed E-state index contributed by atoms with van der Waals surface area (Å²) in [4.78, 5) is 4.12. The number of pyridine rings is 1. The fourth-order valence-electron chi connectivity index (χ4n) is 1.62. The standard InChI is InChI=1S/C12H11BrFN/c1-12(2,14)11-10-4-3-9(13)7-8(10)5-6-15-11/h3-7H,1-2H3. The summed E-state index contributed by atoms with van der Waals surface area (Å²) in [7, 11) is 0. The number of aromatic nitrogens is 1. The van der Waals surface area contributed by atoms with Crippen molar-refractivity contribution < 1.29 is 4.39 Å². The van der Waals surface area contributed by atoms with E-state index >= 15 is 0 Å². The number of nitrogens with zero attached hydrogens (tertiary/aromatic N) is 1. The number of hydrogen-bond acceptors (Lipinski definition) is 1. The van der Waals surface area contributed by atoms with E-state index in [0.717, 1.165) is 15.2 Å². The Bertz CT molecular complexity index is 502. The minimum absolute atomic E-state index is 0.493. The van der Waals surface area contributed by atoms with Crippen LogP contribution in [-0.4, -0.2) is 4.98 Å². The predicted octanol–water partition coefficient (Wildman–Crippen LogP) is 4.20. The molecular formula is C12H11BrFN. The van der Waals surface area contributed by atoms with Gasteiger partial charge in [-0.15, -0.1) is 0 Å². The van der Waals surface area contributed by atoms with E-state index < -0.39 is 5.67 Å². The van der Waals surface area contributed by atoms with Crippen molar-refractivity contribution in [3.63, 3.8) is 0 Å². The number of hydrogen-bond donors (Lipinski definition) is 0. The van der Waals surface area contributed by atoms with E-state index in [-0.39, 0.29) is 0 Å². The van der Waals surface area contributed by atoms with E-state index in [0.29, 0.717) is 5.69 Å². The van der Waals surface area contributed by atoms with E-state index in [1.54, 1.807) is 6.20 Å². The van der Waals surface area contributed by atoms with Crippen molar-refractivity contribution in [2.45, 2.75) is 19.5 Å². The van der Waals surface area contributed by atoms with Gasteiger partial charge in [-0.25, -0.2) is 4.39 Å². The molecule has 0 spiro atoms. The van der Waals surface area contributed by atoms with E-state index in [1.165, 1.54) is 13.8 Å². The molecule has 1 aromatic carbocycles. The van der Waals surface area contributed by atoms with E-state index in [4.69, 9.17) is 0 Å². The zero-order valence-corrected chi connectivity index (χ0v) is 10.2. The lowest BCUT2D eigenvalue weighted by Gasteiger charge is -2.15. The molecule has 15 heavy (non-hydrogen) atoms. The molecule has 0 unspecified atom stereocenters. The van der Waals surface area contributed by atoms with Crippen LogP contribution in [0.3, 0.4) is 0 Å². The molecule has 1 aromatic heterocycles. The minimum atomic E-state index is -1.41. The molecule has 1 nitrogen and oxygen atoms in total. The first-order valence-electron chi connectivity index (χ1n) is 4.72. The van der Waals surface area contributed by atoms with Crippen LogP contribution in [0.4, 0.5) is 4.39 Å². The van der Waals surface area contributed by atoms with E-state index in [9.17, 15) is 4.39 Å². The fourth-order valence-corrected chi connectivity index (χ4v) is 2.00. The van der Waals surface area contributed by atoms with Crippen molar-refractivity contribution >= 4 is 26.7 Å². The first kappa shape index (κ1) is 10.6.